The number of benzene rings is 1. The van der Waals surface area contributed by atoms with Gasteiger partial charge in [0.25, 0.3) is 5.69 Å². The van der Waals surface area contributed by atoms with E-state index in [1.807, 2.05) is 13.8 Å². The van der Waals surface area contributed by atoms with E-state index in [2.05, 4.69) is 16.0 Å². The number of nitrogens with zero attached hydrogens (tertiary/aromatic N) is 1. The van der Waals surface area contributed by atoms with Crippen molar-refractivity contribution in [1.82, 2.24) is 10.6 Å². The van der Waals surface area contributed by atoms with Crippen molar-refractivity contribution in [2.45, 2.75) is 65.6 Å². The van der Waals surface area contributed by atoms with Gasteiger partial charge in [-0.25, -0.2) is 4.79 Å². The number of amides is 3. The number of nitro groups is 1. The minimum atomic E-state index is -0.900. The Hall–Kier alpha value is -3.17. The maximum Gasteiger partial charge on any atom is 0.408 e. The van der Waals surface area contributed by atoms with Gasteiger partial charge < -0.3 is 20.7 Å². The lowest BCUT2D eigenvalue weighted by atomic mass is 10.0. The largest absolute Gasteiger partial charge is 0.444 e. The monoisotopic (exact) mass is 422 g/mol. The van der Waals surface area contributed by atoms with Crippen LogP contribution < -0.4 is 16.0 Å². The van der Waals surface area contributed by atoms with Crippen LogP contribution in [0.2, 0.25) is 0 Å². The Bertz CT molecular complexity index is 770. The SMILES string of the molecule is CC(C)C[C@@H](NC(=O)OC(C)(C)C)C(=O)N[C@@H](C)C(=O)Nc1ccc([N+](=O)[O-])cc1. The van der Waals surface area contributed by atoms with Gasteiger partial charge in [-0.3, -0.25) is 19.7 Å². The molecule has 10 nitrogen and oxygen atoms in total. The zero-order chi connectivity index (χ0) is 23.1. The van der Waals surface area contributed by atoms with E-state index >= 15 is 0 Å². The van der Waals surface area contributed by atoms with E-state index in [9.17, 15) is 24.5 Å². The molecule has 0 saturated carbocycles. The van der Waals surface area contributed by atoms with Crippen LogP contribution in [0.25, 0.3) is 0 Å². The van der Waals surface area contributed by atoms with Crippen molar-refractivity contribution in [3.05, 3.63) is 34.4 Å². The Morgan fingerprint density at radius 2 is 1.60 bits per heavy atom. The van der Waals surface area contributed by atoms with Crippen molar-refractivity contribution in [2.24, 2.45) is 5.92 Å². The highest BCUT2D eigenvalue weighted by Gasteiger charge is 2.27. The molecule has 1 aromatic rings. The molecule has 0 radical (unpaired) electrons. The van der Waals surface area contributed by atoms with Crippen LogP contribution in [-0.2, 0) is 14.3 Å². The van der Waals surface area contributed by atoms with Crippen LogP contribution in [0.3, 0.4) is 0 Å². The molecular formula is C20H30N4O6. The summed E-state index contributed by atoms with van der Waals surface area (Å²) in [6, 6.07) is 3.56. The zero-order valence-corrected chi connectivity index (χ0v) is 18.1. The van der Waals surface area contributed by atoms with Crippen LogP contribution in [0, 0.1) is 16.0 Å². The fraction of sp³-hybridized carbons (Fsp3) is 0.550. The van der Waals surface area contributed by atoms with Crippen molar-refractivity contribution in [2.75, 3.05) is 5.32 Å². The Labute approximate surface area is 175 Å². The summed E-state index contributed by atoms with van der Waals surface area (Å²) in [5.41, 5.74) is -0.447. The molecule has 166 valence electrons. The molecule has 1 aromatic carbocycles. The number of alkyl carbamates (subject to hydrolysis) is 1. The predicted octanol–water partition coefficient (Wildman–Crippen LogP) is 2.98. The molecule has 2 atom stereocenters. The molecule has 0 aliphatic heterocycles. The molecule has 0 spiro atoms. The molecule has 0 heterocycles. The van der Waals surface area contributed by atoms with E-state index in [0.29, 0.717) is 12.1 Å². The van der Waals surface area contributed by atoms with E-state index in [0.717, 1.165) is 0 Å². The minimum absolute atomic E-state index is 0.0981. The molecule has 0 fully saturated rings. The summed E-state index contributed by atoms with van der Waals surface area (Å²) in [5.74, 6) is -0.904. The Balaban J connectivity index is 2.72. The van der Waals surface area contributed by atoms with E-state index in [1.54, 1.807) is 20.8 Å². The van der Waals surface area contributed by atoms with E-state index in [-0.39, 0.29) is 11.6 Å². The summed E-state index contributed by atoms with van der Waals surface area (Å²) >= 11 is 0. The number of carbonyl (C=O) groups is 3. The molecule has 0 saturated heterocycles. The molecule has 1 rings (SSSR count). The summed E-state index contributed by atoms with van der Waals surface area (Å²) in [6.45, 7) is 10.5. The van der Waals surface area contributed by atoms with Crippen molar-refractivity contribution in [3.8, 4) is 0 Å². The lowest BCUT2D eigenvalue weighted by Crippen LogP contribution is -2.52. The van der Waals surface area contributed by atoms with Crippen LogP contribution in [0.4, 0.5) is 16.2 Å². The smallest absolute Gasteiger partial charge is 0.408 e. The van der Waals surface area contributed by atoms with Crippen molar-refractivity contribution >= 4 is 29.3 Å². The highest BCUT2D eigenvalue weighted by molar-refractivity contribution is 5.98. The Kier molecular flexibility index (Phi) is 8.75. The lowest BCUT2D eigenvalue weighted by Gasteiger charge is -2.25. The Morgan fingerprint density at radius 3 is 2.07 bits per heavy atom. The quantitative estimate of drug-likeness (QED) is 0.435. The summed E-state index contributed by atoms with van der Waals surface area (Å²) in [7, 11) is 0. The molecule has 30 heavy (non-hydrogen) atoms. The van der Waals surface area contributed by atoms with Gasteiger partial charge in [-0.15, -0.1) is 0 Å². The number of ether oxygens (including phenoxy) is 1. The van der Waals surface area contributed by atoms with Crippen LogP contribution in [0.1, 0.15) is 48.0 Å². The first-order valence-electron chi connectivity index (χ1n) is 9.63. The molecule has 0 aliphatic rings. The summed E-state index contributed by atoms with van der Waals surface area (Å²) < 4.78 is 5.20. The molecule has 10 heteroatoms. The minimum Gasteiger partial charge on any atom is -0.444 e. The number of anilines is 1. The van der Waals surface area contributed by atoms with Gasteiger partial charge in [-0.05, 0) is 52.2 Å². The Morgan fingerprint density at radius 1 is 1.03 bits per heavy atom. The van der Waals surface area contributed by atoms with Gasteiger partial charge >= 0.3 is 6.09 Å². The van der Waals surface area contributed by atoms with Crippen molar-refractivity contribution < 1.29 is 24.0 Å². The second-order valence-electron chi connectivity index (χ2n) is 8.35. The summed E-state index contributed by atoms with van der Waals surface area (Å²) in [4.78, 5) is 47.2. The number of hydrogen-bond donors (Lipinski definition) is 3. The molecular weight excluding hydrogens is 392 g/mol. The average molecular weight is 422 g/mol. The van der Waals surface area contributed by atoms with E-state index in [1.165, 1.54) is 31.2 Å². The first kappa shape index (κ1) is 24.9. The fourth-order valence-electron chi connectivity index (χ4n) is 2.45. The van der Waals surface area contributed by atoms with Gasteiger partial charge in [-0.1, -0.05) is 13.8 Å². The maximum absolute atomic E-state index is 12.6. The normalized spacial score (nSPS) is 13.2. The standard InChI is InChI=1S/C20H30N4O6/c1-12(2)11-16(23-19(27)30-20(4,5)6)18(26)21-13(3)17(25)22-14-7-9-15(10-8-14)24(28)29/h7-10,12-13,16H,11H2,1-6H3,(H,21,26)(H,22,25)(H,23,27)/t13-,16+/m0/s1. The first-order valence-corrected chi connectivity index (χ1v) is 9.63. The highest BCUT2D eigenvalue weighted by Crippen LogP contribution is 2.15. The number of rotatable bonds is 8. The van der Waals surface area contributed by atoms with Crippen LogP contribution in [0.5, 0.6) is 0 Å². The topological polar surface area (TPSA) is 140 Å². The maximum atomic E-state index is 12.6. The van der Waals surface area contributed by atoms with Crippen LogP contribution in [0.15, 0.2) is 24.3 Å². The molecule has 0 aromatic heterocycles. The highest BCUT2D eigenvalue weighted by atomic mass is 16.6. The van der Waals surface area contributed by atoms with Crippen LogP contribution >= 0.6 is 0 Å². The number of hydrogen-bond acceptors (Lipinski definition) is 6. The van der Waals surface area contributed by atoms with Crippen molar-refractivity contribution in [3.63, 3.8) is 0 Å². The summed E-state index contributed by atoms with van der Waals surface area (Å²) in [5, 5.41) is 18.4. The van der Waals surface area contributed by atoms with Gasteiger partial charge in [-0.2, -0.15) is 0 Å². The number of nitro benzene ring substituents is 1. The van der Waals surface area contributed by atoms with E-state index < -0.39 is 40.5 Å². The molecule has 0 bridgehead atoms. The third-order valence-corrected chi connectivity index (χ3v) is 3.81. The van der Waals surface area contributed by atoms with Gasteiger partial charge in [0.1, 0.15) is 17.7 Å². The van der Waals surface area contributed by atoms with Gasteiger partial charge in [0, 0.05) is 17.8 Å². The van der Waals surface area contributed by atoms with Gasteiger partial charge in [0.15, 0.2) is 0 Å². The van der Waals surface area contributed by atoms with Gasteiger partial charge in [0.05, 0.1) is 4.92 Å². The fourth-order valence-corrected chi connectivity index (χ4v) is 2.45. The first-order chi connectivity index (χ1) is 13.8. The number of non-ortho nitro benzene ring substituents is 1. The predicted molar refractivity (Wildman–Crippen MR) is 112 cm³/mol. The zero-order valence-electron chi connectivity index (χ0n) is 18.1. The molecule has 3 N–H and O–H groups in total. The number of carbonyl (C=O) groups excluding carboxylic acids is 3. The third kappa shape index (κ3) is 8.89. The third-order valence-electron chi connectivity index (χ3n) is 3.81. The second kappa shape index (κ2) is 10.6. The van der Waals surface area contributed by atoms with Crippen LogP contribution in [-0.4, -0.2) is 40.5 Å². The average Bonchev–Trinajstić information content (AvgIpc) is 2.59. The molecule has 3 amide bonds. The van der Waals surface area contributed by atoms with E-state index in [4.69, 9.17) is 4.74 Å². The second-order valence-corrected chi connectivity index (χ2v) is 8.35. The van der Waals surface area contributed by atoms with Crippen molar-refractivity contribution in [1.29, 1.82) is 0 Å². The summed E-state index contributed by atoms with van der Waals surface area (Å²) in [6.07, 6.45) is -0.354. The molecule has 0 aliphatic carbocycles. The molecule has 0 unspecified atom stereocenters. The lowest BCUT2D eigenvalue weighted by molar-refractivity contribution is -0.384. The van der Waals surface area contributed by atoms with Gasteiger partial charge in [0.2, 0.25) is 11.8 Å². The number of nitrogens with one attached hydrogen (secondary N) is 3.